The number of morpholine rings is 1. The fraction of sp³-hybridized carbons (Fsp3) is 0.522. The van der Waals surface area contributed by atoms with E-state index in [1.165, 1.54) is 32.4 Å². The highest BCUT2D eigenvalue weighted by atomic mass is 16.5. The first-order valence-electron chi connectivity index (χ1n) is 11.5. The minimum Gasteiger partial charge on any atom is -0.494 e. The normalized spacial score (nSPS) is 17.6. The molecule has 0 aromatic heterocycles. The lowest BCUT2D eigenvalue weighted by atomic mass is 10.1. The van der Waals surface area contributed by atoms with Gasteiger partial charge in [-0.3, -0.25) is 0 Å². The number of nitrogens with zero attached hydrogens (tertiary/aromatic N) is 5. The van der Waals surface area contributed by atoms with Gasteiger partial charge in [0.05, 0.1) is 31.7 Å². The van der Waals surface area contributed by atoms with E-state index in [-0.39, 0.29) is 0 Å². The van der Waals surface area contributed by atoms with Crippen LogP contribution in [0.15, 0.2) is 24.5 Å². The SMILES string of the molecule is COc1cc(N2CCOCC2)ccc1Nc1nc(CCN2CCCCC2)c2ncnc-2[nH]1. The molecule has 4 heterocycles. The van der Waals surface area contributed by atoms with Crippen molar-refractivity contribution in [2.45, 2.75) is 25.7 Å². The smallest absolute Gasteiger partial charge is 0.206 e. The van der Waals surface area contributed by atoms with Crippen molar-refractivity contribution in [3.05, 3.63) is 30.2 Å². The first-order chi connectivity index (χ1) is 15.8. The Kier molecular flexibility index (Phi) is 6.36. The van der Waals surface area contributed by atoms with Crippen LogP contribution in [0.3, 0.4) is 0 Å². The monoisotopic (exact) mass is 437 g/mol. The molecule has 0 spiro atoms. The molecular weight excluding hydrogens is 406 g/mol. The molecule has 0 bridgehead atoms. The number of likely N-dealkylation sites (tertiary alicyclic amines) is 1. The van der Waals surface area contributed by atoms with E-state index in [0.29, 0.717) is 5.95 Å². The number of aromatic amines is 1. The third-order valence-corrected chi connectivity index (χ3v) is 6.28. The molecule has 9 nitrogen and oxygen atoms in total. The number of fused-ring (bicyclic) bond motifs is 1. The van der Waals surface area contributed by atoms with Gasteiger partial charge in [-0.05, 0) is 38.1 Å². The number of aromatic nitrogens is 4. The summed E-state index contributed by atoms with van der Waals surface area (Å²) in [5.41, 5.74) is 3.80. The topological polar surface area (TPSA) is 91.4 Å². The second kappa shape index (κ2) is 9.70. The number of benzene rings is 1. The lowest BCUT2D eigenvalue weighted by molar-refractivity contribution is 0.122. The molecule has 9 heteroatoms. The maximum atomic E-state index is 5.68. The van der Waals surface area contributed by atoms with E-state index >= 15 is 0 Å². The highest BCUT2D eigenvalue weighted by Crippen LogP contribution is 2.32. The minimum absolute atomic E-state index is 0.643. The van der Waals surface area contributed by atoms with Crippen molar-refractivity contribution in [2.75, 3.05) is 63.3 Å². The van der Waals surface area contributed by atoms with Crippen LogP contribution in [0.2, 0.25) is 0 Å². The van der Waals surface area contributed by atoms with Crippen LogP contribution in [0.25, 0.3) is 11.5 Å². The maximum absolute atomic E-state index is 5.68. The van der Waals surface area contributed by atoms with Crippen molar-refractivity contribution < 1.29 is 9.47 Å². The van der Waals surface area contributed by atoms with Crippen LogP contribution < -0.4 is 15.0 Å². The molecule has 1 aromatic rings. The third kappa shape index (κ3) is 4.63. The summed E-state index contributed by atoms with van der Waals surface area (Å²) < 4.78 is 11.1. The molecular formula is C23H31N7O2. The molecule has 0 saturated carbocycles. The van der Waals surface area contributed by atoms with E-state index in [1.807, 2.05) is 6.07 Å². The Morgan fingerprint density at radius 1 is 1.09 bits per heavy atom. The molecule has 0 unspecified atom stereocenters. The molecule has 1 aromatic carbocycles. The largest absolute Gasteiger partial charge is 0.494 e. The Morgan fingerprint density at radius 2 is 1.94 bits per heavy atom. The fourth-order valence-electron chi connectivity index (χ4n) is 4.51. The molecule has 32 heavy (non-hydrogen) atoms. The van der Waals surface area contributed by atoms with Crippen molar-refractivity contribution in [1.82, 2.24) is 24.8 Å². The minimum atomic E-state index is 0.643. The van der Waals surface area contributed by atoms with Crippen molar-refractivity contribution in [1.29, 1.82) is 0 Å². The van der Waals surface area contributed by atoms with Crippen LogP contribution in [0.4, 0.5) is 17.3 Å². The van der Waals surface area contributed by atoms with E-state index < -0.39 is 0 Å². The average Bonchev–Trinajstić information content (AvgIpc) is 3.33. The number of hydrogen-bond acceptors (Lipinski definition) is 8. The van der Waals surface area contributed by atoms with Gasteiger partial charge in [-0.25, -0.2) is 15.0 Å². The first kappa shape index (κ1) is 21.0. The van der Waals surface area contributed by atoms with E-state index in [0.717, 1.165) is 73.6 Å². The second-order valence-electron chi connectivity index (χ2n) is 8.36. The number of anilines is 3. The van der Waals surface area contributed by atoms with Crippen molar-refractivity contribution in [3.8, 4) is 17.3 Å². The van der Waals surface area contributed by atoms with E-state index in [4.69, 9.17) is 14.5 Å². The number of piperidine rings is 1. The van der Waals surface area contributed by atoms with Gasteiger partial charge >= 0.3 is 0 Å². The van der Waals surface area contributed by atoms with Gasteiger partial charge in [0, 0.05) is 37.8 Å². The zero-order valence-electron chi connectivity index (χ0n) is 18.6. The van der Waals surface area contributed by atoms with Gasteiger partial charge in [0.15, 0.2) is 5.82 Å². The summed E-state index contributed by atoms with van der Waals surface area (Å²) in [6.07, 6.45) is 6.36. The predicted molar refractivity (Wildman–Crippen MR) is 124 cm³/mol. The lowest BCUT2D eigenvalue weighted by Gasteiger charge is -2.29. The Hall–Kier alpha value is -2.91. The summed E-state index contributed by atoms with van der Waals surface area (Å²) in [7, 11) is 1.69. The summed E-state index contributed by atoms with van der Waals surface area (Å²) in [5, 5.41) is 3.40. The van der Waals surface area contributed by atoms with E-state index in [2.05, 4.69) is 42.2 Å². The second-order valence-corrected chi connectivity index (χ2v) is 8.36. The van der Waals surface area contributed by atoms with Crippen LogP contribution in [0, 0.1) is 0 Å². The Bertz CT molecular complexity index is 996. The highest BCUT2D eigenvalue weighted by Gasteiger charge is 2.19. The van der Waals surface area contributed by atoms with Crippen LogP contribution in [-0.2, 0) is 11.2 Å². The molecule has 2 N–H and O–H groups in total. The number of imidazole rings is 1. The lowest BCUT2D eigenvalue weighted by Crippen LogP contribution is -2.36. The van der Waals surface area contributed by atoms with Gasteiger partial charge in [0.25, 0.3) is 0 Å². The zero-order chi connectivity index (χ0) is 21.8. The first-order valence-corrected chi connectivity index (χ1v) is 11.5. The van der Waals surface area contributed by atoms with Crippen molar-refractivity contribution >= 4 is 17.3 Å². The third-order valence-electron chi connectivity index (χ3n) is 6.28. The van der Waals surface area contributed by atoms with Gasteiger partial charge in [0.2, 0.25) is 5.95 Å². The Morgan fingerprint density at radius 3 is 2.75 bits per heavy atom. The summed E-state index contributed by atoms with van der Waals surface area (Å²) in [5.74, 6) is 2.16. The molecule has 2 fully saturated rings. The van der Waals surface area contributed by atoms with Crippen LogP contribution in [-0.4, -0.2) is 77.9 Å². The molecule has 0 aliphatic carbocycles. The summed E-state index contributed by atoms with van der Waals surface area (Å²) in [4.78, 5) is 21.8. The van der Waals surface area contributed by atoms with Crippen LogP contribution >= 0.6 is 0 Å². The van der Waals surface area contributed by atoms with E-state index in [1.54, 1.807) is 13.4 Å². The molecule has 170 valence electrons. The molecule has 4 aliphatic heterocycles. The summed E-state index contributed by atoms with van der Waals surface area (Å²) in [6.45, 7) is 6.62. The molecule has 2 saturated heterocycles. The number of H-pyrrole nitrogens is 1. The number of rotatable bonds is 7. The quantitative estimate of drug-likeness (QED) is 0.583. The summed E-state index contributed by atoms with van der Waals surface area (Å²) in [6, 6.07) is 6.20. The summed E-state index contributed by atoms with van der Waals surface area (Å²) >= 11 is 0. The van der Waals surface area contributed by atoms with E-state index in [9.17, 15) is 0 Å². The van der Waals surface area contributed by atoms with Gasteiger partial charge in [0.1, 0.15) is 17.8 Å². The van der Waals surface area contributed by atoms with Gasteiger partial charge in [-0.1, -0.05) is 6.42 Å². The molecule has 0 atom stereocenters. The molecule has 0 amide bonds. The fourth-order valence-corrected chi connectivity index (χ4v) is 4.51. The number of methoxy groups -OCH3 is 1. The number of ether oxygens (including phenoxy) is 2. The molecule has 0 radical (unpaired) electrons. The van der Waals surface area contributed by atoms with Crippen LogP contribution in [0.1, 0.15) is 25.0 Å². The Balaban J connectivity index is 1.35. The number of hydrogen-bond donors (Lipinski definition) is 2. The van der Waals surface area contributed by atoms with Gasteiger partial charge < -0.3 is 29.6 Å². The zero-order valence-corrected chi connectivity index (χ0v) is 18.6. The number of nitrogens with one attached hydrogen (secondary N) is 2. The van der Waals surface area contributed by atoms with Crippen molar-refractivity contribution in [2.24, 2.45) is 0 Å². The Labute approximate surface area is 188 Å². The maximum Gasteiger partial charge on any atom is 0.206 e. The highest BCUT2D eigenvalue weighted by molar-refractivity contribution is 5.69. The van der Waals surface area contributed by atoms with Crippen LogP contribution in [0.5, 0.6) is 5.75 Å². The van der Waals surface area contributed by atoms with Crippen molar-refractivity contribution in [3.63, 3.8) is 0 Å². The standard InChI is InChI=1S/C23H31N7O2/c1-31-20-15-17(30-11-13-32-14-12-30)5-6-18(20)26-23-27-19(21-22(28-23)25-16-24-21)7-10-29-8-3-2-4-9-29/h5-6,15-16H,2-4,7-14H2,1H3,(H2,24,25,26,27,28). The van der Waals surface area contributed by atoms with Gasteiger partial charge in [-0.2, -0.15) is 0 Å². The van der Waals surface area contributed by atoms with Gasteiger partial charge in [-0.15, -0.1) is 0 Å². The molecule has 4 aliphatic rings. The molecule has 5 rings (SSSR count). The predicted octanol–water partition coefficient (Wildman–Crippen LogP) is 2.92. The average molecular weight is 438 g/mol.